The van der Waals surface area contributed by atoms with Gasteiger partial charge in [0.15, 0.2) is 0 Å². The Labute approximate surface area is 87.2 Å². The van der Waals surface area contributed by atoms with Gasteiger partial charge >= 0.3 is 5.97 Å². The number of rotatable bonds is 4. The Bertz CT molecular complexity index is 397. The van der Waals surface area contributed by atoms with E-state index in [0.29, 0.717) is 13.2 Å². The van der Waals surface area contributed by atoms with Crippen LogP contribution in [0, 0.1) is 0 Å². The zero-order valence-electron chi connectivity index (χ0n) is 8.73. The van der Waals surface area contributed by atoms with E-state index in [1.807, 2.05) is 0 Å². The van der Waals surface area contributed by atoms with Crippen LogP contribution in [-0.4, -0.2) is 31.4 Å². The summed E-state index contributed by atoms with van der Waals surface area (Å²) in [5.41, 5.74) is -0.322. The van der Waals surface area contributed by atoms with E-state index in [0.717, 1.165) is 0 Å². The topological polar surface area (TPSA) is 57.5 Å². The molecule has 0 saturated carbocycles. The summed E-state index contributed by atoms with van der Waals surface area (Å²) in [5, 5.41) is 0. The van der Waals surface area contributed by atoms with E-state index in [1.165, 1.54) is 17.7 Å². The smallest absolute Gasteiger partial charge is 0.343 e. The molecule has 1 aromatic rings. The van der Waals surface area contributed by atoms with Crippen molar-refractivity contribution in [2.24, 2.45) is 0 Å². The Morgan fingerprint density at radius 2 is 2.20 bits per heavy atom. The van der Waals surface area contributed by atoms with Crippen molar-refractivity contribution >= 4 is 5.97 Å². The molecule has 0 unspecified atom stereocenters. The molecule has 0 saturated heterocycles. The first-order valence-electron chi connectivity index (χ1n) is 4.47. The van der Waals surface area contributed by atoms with Crippen LogP contribution in [0.2, 0.25) is 0 Å². The predicted octanol–water partition coefficient (Wildman–Crippen LogP) is 0.281. The quantitative estimate of drug-likeness (QED) is 0.671. The second-order valence-electron chi connectivity index (χ2n) is 2.90. The average Bonchev–Trinajstić information content (AvgIpc) is 2.27. The second kappa shape index (κ2) is 5.31. The fourth-order valence-corrected chi connectivity index (χ4v) is 1.17. The number of carbonyl (C=O) groups excluding carboxylic acids is 1. The summed E-state index contributed by atoms with van der Waals surface area (Å²) < 4.78 is 10.8. The molecule has 1 heterocycles. The van der Waals surface area contributed by atoms with Crippen LogP contribution in [0.3, 0.4) is 0 Å². The van der Waals surface area contributed by atoms with E-state index in [2.05, 4.69) is 4.74 Å². The van der Waals surface area contributed by atoms with Gasteiger partial charge in [0.1, 0.15) is 5.56 Å². The fourth-order valence-electron chi connectivity index (χ4n) is 1.17. The minimum absolute atomic E-state index is 0.0381. The molecule has 0 radical (unpaired) electrons. The van der Waals surface area contributed by atoms with Crippen molar-refractivity contribution < 1.29 is 14.3 Å². The van der Waals surface area contributed by atoms with Crippen LogP contribution in [0.25, 0.3) is 0 Å². The fraction of sp³-hybridized carbons (Fsp3) is 0.400. The van der Waals surface area contributed by atoms with Gasteiger partial charge in [0.2, 0.25) is 0 Å². The van der Waals surface area contributed by atoms with Gasteiger partial charge in [0, 0.05) is 19.9 Å². The van der Waals surface area contributed by atoms with Crippen LogP contribution < -0.4 is 5.56 Å². The first kappa shape index (κ1) is 11.5. The number of nitrogens with zero attached hydrogens (tertiary/aromatic N) is 1. The average molecular weight is 211 g/mol. The van der Waals surface area contributed by atoms with Crippen LogP contribution in [-0.2, 0) is 16.0 Å². The maximum absolute atomic E-state index is 11.7. The van der Waals surface area contributed by atoms with Crippen molar-refractivity contribution in [1.82, 2.24) is 4.57 Å². The zero-order chi connectivity index (χ0) is 11.3. The Morgan fingerprint density at radius 3 is 2.80 bits per heavy atom. The summed E-state index contributed by atoms with van der Waals surface area (Å²) >= 11 is 0. The summed E-state index contributed by atoms with van der Waals surface area (Å²) in [6.07, 6.45) is 1.60. The first-order chi connectivity index (χ1) is 7.20. The van der Waals surface area contributed by atoms with Gasteiger partial charge in [-0.15, -0.1) is 0 Å². The Morgan fingerprint density at radius 1 is 1.47 bits per heavy atom. The summed E-state index contributed by atoms with van der Waals surface area (Å²) in [7, 11) is 2.80. The molecule has 5 heteroatoms. The lowest BCUT2D eigenvalue weighted by atomic mass is 10.3. The number of aromatic nitrogens is 1. The van der Waals surface area contributed by atoms with Gasteiger partial charge in [-0.25, -0.2) is 4.79 Å². The molecule has 0 N–H and O–H groups in total. The molecule has 0 aromatic carbocycles. The molecule has 0 amide bonds. The zero-order valence-corrected chi connectivity index (χ0v) is 8.73. The van der Waals surface area contributed by atoms with Crippen molar-refractivity contribution in [3.05, 3.63) is 34.2 Å². The standard InChI is InChI=1S/C10H13NO4/c1-14-7-6-11-5-3-4-8(9(11)12)10(13)15-2/h3-5H,6-7H2,1-2H3. The SMILES string of the molecule is COCCn1cccc(C(=O)OC)c1=O. The monoisotopic (exact) mass is 211 g/mol. The lowest BCUT2D eigenvalue weighted by molar-refractivity contribution is 0.0597. The van der Waals surface area contributed by atoms with E-state index >= 15 is 0 Å². The molecule has 0 fully saturated rings. The maximum Gasteiger partial charge on any atom is 0.343 e. The largest absolute Gasteiger partial charge is 0.465 e. The highest BCUT2D eigenvalue weighted by atomic mass is 16.5. The first-order valence-corrected chi connectivity index (χ1v) is 4.47. The van der Waals surface area contributed by atoms with Gasteiger partial charge in [0.25, 0.3) is 5.56 Å². The predicted molar refractivity (Wildman–Crippen MR) is 53.9 cm³/mol. The summed E-state index contributed by atoms with van der Waals surface area (Å²) in [6, 6.07) is 3.07. The summed E-state index contributed by atoms with van der Waals surface area (Å²) in [6.45, 7) is 0.838. The summed E-state index contributed by atoms with van der Waals surface area (Å²) in [5.74, 6) is -0.619. The van der Waals surface area contributed by atoms with E-state index in [-0.39, 0.29) is 11.1 Å². The molecule has 0 atom stereocenters. The lowest BCUT2D eigenvalue weighted by Crippen LogP contribution is -2.27. The second-order valence-corrected chi connectivity index (χ2v) is 2.90. The van der Waals surface area contributed by atoms with Crippen LogP contribution in [0.4, 0.5) is 0 Å². The molecule has 15 heavy (non-hydrogen) atoms. The lowest BCUT2D eigenvalue weighted by Gasteiger charge is -2.05. The molecule has 0 aliphatic heterocycles. The molecule has 0 spiro atoms. The van der Waals surface area contributed by atoms with Crippen molar-refractivity contribution in [1.29, 1.82) is 0 Å². The van der Waals surface area contributed by atoms with E-state index in [9.17, 15) is 9.59 Å². The molecule has 82 valence electrons. The molecule has 0 bridgehead atoms. The number of esters is 1. The van der Waals surface area contributed by atoms with Gasteiger partial charge in [-0.2, -0.15) is 0 Å². The minimum atomic E-state index is -0.619. The Balaban J connectivity index is 3.01. The third-order valence-electron chi connectivity index (χ3n) is 1.96. The third kappa shape index (κ3) is 2.66. The van der Waals surface area contributed by atoms with Gasteiger partial charge in [-0.05, 0) is 12.1 Å². The van der Waals surface area contributed by atoms with E-state index in [4.69, 9.17) is 4.74 Å². The van der Waals surface area contributed by atoms with E-state index < -0.39 is 5.97 Å². The number of methoxy groups -OCH3 is 2. The van der Waals surface area contributed by atoms with Crippen LogP contribution in [0.1, 0.15) is 10.4 Å². The number of pyridine rings is 1. The summed E-state index contributed by atoms with van der Waals surface area (Å²) in [4.78, 5) is 22.9. The molecule has 0 aliphatic rings. The van der Waals surface area contributed by atoms with Crippen molar-refractivity contribution in [2.45, 2.75) is 6.54 Å². The maximum atomic E-state index is 11.7. The third-order valence-corrected chi connectivity index (χ3v) is 1.96. The van der Waals surface area contributed by atoms with Crippen molar-refractivity contribution in [3.63, 3.8) is 0 Å². The molecular weight excluding hydrogens is 198 g/mol. The van der Waals surface area contributed by atoms with Crippen LogP contribution in [0.15, 0.2) is 23.1 Å². The van der Waals surface area contributed by atoms with E-state index in [1.54, 1.807) is 19.4 Å². The van der Waals surface area contributed by atoms with Gasteiger partial charge < -0.3 is 14.0 Å². The van der Waals surface area contributed by atoms with Gasteiger partial charge in [-0.1, -0.05) is 0 Å². The number of hydrogen-bond acceptors (Lipinski definition) is 4. The highest BCUT2D eigenvalue weighted by molar-refractivity contribution is 5.88. The van der Waals surface area contributed by atoms with Crippen molar-refractivity contribution in [2.75, 3.05) is 20.8 Å². The molecule has 1 aromatic heterocycles. The number of hydrogen-bond donors (Lipinski definition) is 0. The van der Waals surface area contributed by atoms with Crippen LogP contribution >= 0.6 is 0 Å². The highest BCUT2D eigenvalue weighted by Crippen LogP contribution is 1.94. The normalized spacial score (nSPS) is 10.0. The van der Waals surface area contributed by atoms with Crippen molar-refractivity contribution in [3.8, 4) is 0 Å². The molecule has 5 nitrogen and oxygen atoms in total. The Hall–Kier alpha value is -1.62. The Kier molecular flexibility index (Phi) is 4.05. The number of carbonyl (C=O) groups is 1. The molecule has 0 aliphatic carbocycles. The van der Waals surface area contributed by atoms with Gasteiger partial charge in [-0.3, -0.25) is 4.79 Å². The highest BCUT2D eigenvalue weighted by Gasteiger charge is 2.11. The van der Waals surface area contributed by atoms with Crippen LogP contribution in [0.5, 0.6) is 0 Å². The van der Waals surface area contributed by atoms with Gasteiger partial charge in [0.05, 0.1) is 13.7 Å². The minimum Gasteiger partial charge on any atom is -0.465 e. The molecule has 1 rings (SSSR count). The molecular formula is C10H13NO4. The number of ether oxygens (including phenoxy) is 2.